The number of carboxylic acids is 1. The van der Waals surface area contributed by atoms with Crippen molar-refractivity contribution in [2.75, 3.05) is 0 Å². The number of nitrogens with one attached hydrogen (secondary N) is 1. The van der Waals surface area contributed by atoms with Crippen LogP contribution in [0.2, 0.25) is 0 Å². The molecular formula is C24H18BrNO3. The molecule has 0 saturated heterocycles. The molecule has 0 heterocycles. The van der Waals surface area contributed by atoms with E-state index in [1.165, 1.54) is 12.1 Å². The van der Waals surface area contributed by atoms with Crippen molar-refractivity contribution in [1.29, 1.82) is 0 Å². The third-order valence-electron chi connectivity index (χ3n) is 4.19. The summed E-state index contributed by atoms with van der Waals surface area (Å²) in [5.74, 6) is 5.05. The number of benzene rings is 3. The molecule has 0 aliphatic carbocycles. The molecular weight excluding hydrogens is 430 g/mol. The number of aromatic carboxylic acids is 1. The molecule has 5 heteroatoms. The number of carboxylic acid groups (broad SMARTS) is 1. The average molecular weight is 448 g/mol. The van der Waals surface area contributed by atoms with Crippen molar-refractivity contribution in [3.8, 4) is 11.8 Å². The number of rotatable bonds is 5. The molecule has 0 bridgehead atoms. The zero-order valence-corrected chi connectivity index (χ0v) is 17.1. The van der Waals surface area contributed by atoms with Crippen molar-refractivity contribution >= 4 is 27.8 Å². The van der Waals surface area contributed by atoms with Crippen LogP contribution < -0.4 is 5.32 Å². The summed E-state index contributed by atoms with van der Waals surface area (Å²) in [4.78, 5) is 23.3. The first-order valence-corrected chi connectivity index (χ1v) is 9.74. The lowest BCUT2D eigenvalue weighted by Gasteiger charge is -2.06. The normalized spacial score (nSPS) is 9.97. The van der Waals surface area contributed by atoms with Crippen LogP contribution in [0.25, 0.3) is 0 Å². The minimum Gasteiger partial charge on any atom is -0.478 e. The SMILES string of the molecule is O=C(O)c1ccc(CNC(=O)c2cccc(C#CCc3cccc(Br)c3)c2)cc1. The Hall–Kier alpha value is -3.36. The van der Waals surface area contributed by atoms with Crippen molar-refractivity contribution in [1.82, 2.24) is 5.32 Å². The zero-order chi connectivity index (χ0) is 20.6. The van der Waals surface area contributed by atoms with Gasteiger partial charge >= 0.3 is 5.97 Å². The molecule has 3 aromatic rings. The second kappa shape index (κ2) is 9.72. The van der Waals surface area contributed by atoms with E-state index in [0.29, 0.717) is 18.5 Å². The van der Waals surface area contributed by atoms with Gasteiger partial charge in [0, 0.05) is 28.6 Å². The number of carbonyl (C=O) groups is 2. The van der Waals surface area contributed by atoms with Crippen LogP contribution in [0.3, 0.4) is 0 Å². The first-order valence-electron chi connectivity index (χ1n) is 8.95. The van der Waals surface area contributed by atoms with Gasteiger partial charge in [0.1, 0.15) is 0 Å². The maximum Gasteiger partial charge on any atom is 0.335 e. The molecule has 0 atom stereocenters. The van der Waals surface area contributed by atoms with E-state index >= 15 is 0 Å². The Kier molecular flexibility index (Phi) is 6.83. The van der Waals surface area contributed by atoms with Crippen molar-refractivity contribution in [3.05, 3.63) is 105 Å². The summed E-state index contributed by atoms with van der Waals surface area (Å²) in [6.45, 7) is 0.317. The second-order valence-corrected chi connectivity index (χ2v) is 7.29. The Labute approximate surface area is 177 Å². The van der Waals surface area contributed by atoms with Gasteiger partial charge in [-0.15, -0.1) is 0 Å². The van der Waals surface area contributed by atoms with E-state index in [4.69, 9.17) is 5.11 Å². The molecule has 0 fully saturated rings. The number of carbonyl (C=O) groups excluding carboxylic acids is 1. The van der Waals surface area contributed by atoms with Gasteiger partial charge in [-0.05, 0) is 53.6 Å². The summed E-state index contributed by atoms with van der Waals surface area (Å²) in [6, 6.07) is 21.6. The standard InChI is InChI=1S/C24H18BrNO3/c25-22-9-3-7-18(15-22)5-1-4-17-6-2-8-21(14-17)23(27)26-16-19-10-12-20(13-11-19)24(28)29/h2-3,6-15H,5,16H2,(H,26,27)(H,28,29). The number of hydrogen-bond donors (Lipinski definition) is 2. The summed E-state index contributed by atoms with van der Waals surface area (Å²) in [5, 5.41) is 11.8. The highest BCUT2D eigenvalue weighted by molar-refractivity contribution is 9.10. The maximum absolute atomic E-state index is 12.4. The summed E-state index contributed by atoms with van der Waals surface area (Å²) in [5.41, 5.74) is 3.47. The van der Waals surface area contributed by atoms with Crippen LogP contribution in [0.5, 0.6) is 0 Å². The second-order valence-electron chi connectivity index (χ2n) is 6.37. The molecule has 0 aliphatic heterocycles. The van der Waals surface area contributed by atoms with Crippen LogP contribution in [0.1, 0.15) is 37.4 Å². The summed E-state index contributed by atoms with van der Waals surface area (Å²) in [6.07, 6.45) is 0.627. The number of halogens is 1. The maximum atomic E-state index is 12.4. The smallest absolute Gasteiger partial charge is 0.335 e. The van der Waals surface area contributed by atoms with E-state index in [1.807, 2.05) is 30.3 Å². The van der Waals surface area contributed by atoms with Gasteiger partial charge in [0.2, 0.25) is 0 Å². The fourth-order valence-electron chi connectivity index (χ4n) is 2.68. The van der Waals surface area contributed by atoms with Gasteiger partial charge in [-0.25, -0.2) is 4.79 Å². The Morgan fingerprint density at radius 3 is 2.38 bits per heavy atom. The summed E-state index contributed by atoms with van der Waals surface area (Å²) < 4.78 is 1.02. The van der Waals surface area contributed by atoms with E-state index in [9.17, 15) is 9.59 Å². The van der Waals surface area contributed by atoms with Crippen LogP contribution in [0, 0.1) is 11.8 Å². The van der Waals surface area contributed by atoms with E-state index in [0.717, 1.165) is 21.2 Å². The average Bonchev–Trinajstić information content (AvgIpc) is 2.72. The van der Waals surface area contributed by atoms with Crippen LogP contribution in [-0.2, 0) is 13.0 Å². The topological polar surface area (TPSA) is 66.4 Å². The highest BCUT2D eigenvalue weighted by Crippen LogP contribution is 2.12. The molecule has 0 unspecified atom stereocenters. The Bertz CT molecular complexity index is 1090. The molecule has 144 valence electrons. The number of hydrogen-bond acceptors (Lipinski definition) is 2. The monoisotopic (exact) mass is 447 g/mol. The Morgan fingerprint density at radius 1 is 0.897 bits per heavy atom. The van der Waals surface area contributed by atoms with Gasteiger partial charge in [-0.3, -0.25) is 4.79 Å². The van der Waals surface area contributed by atoms with Gasteiger partial charge in [0.15, 0.2) is 0 Å². The van der Waals surface area contributed by atoms with Gasteiger partial charge in [-0.2, -0.15) is 0 Å². The highest BCUT2D eigenvalue weighted by atomic mass is 79.9. The van der Waals surface area contributed by atoms with E-state index in [1.54, 1.807) is 30.3 Å². The predicted molar refractivity (Wildman–Crippen MR) is 116 cm³/mol. The highest BCUT2D eigenvalue weighted by Gasteiger charge is 2.06. The van der Waals surface area contributed by atoms with Gasteiger partial charge in [0.05, 0.1) is 5.56 Å². The lowest BCUT2D eigenvalue weighted by Crippen LogP contribution is -2.22. The molecule has 3 rings (SSSR count). The Balaban J connectivity index is 1.60. The predicted octanol–water partition coefficient (Wildman–Crippen LogP) is 4.67. The zero-order valence-electron chi connectivity index (χ0n) is 15.5. The van der Waals surface area contributed by atoms with E-state index in [-0.39, 0.29) is 11.5 Å². The van der Waals surface area contributed by atoms with Crippen molar-refractivity contribution < 1.29 is 14.7 Å². The van der Waals surface area contributed by atoms with Gasteiger partial charge in [0.25, 0.3) is 5.91 Å². The molecule has 2 N–H and O–H groups in total. The minimum atomic E-state index is -0.974. The van der Waals surface area contributed by atoms with Crippen LogP contribution >= 0.6 is 15.9 Å². The summed E-state index contributed by atoms with van der Waals surface area (Å²) in [7, 11) is 0. The largest absolute Gasteiger partial charge is 0.478 e. The first-order chi connectivity index (χ1) is 14.0. The van der Waals surface area contributed by atoms with Crippen LogP contribution in [-0.4, -0.2) is 17.0 Å². The molecule has 0 spiro atoms. The first kappa shape index (κ1) is 20.4. The lowest BCUT2D eigenvalue weighted by molar-refractivity contribution is 0.0696. The fraction of sp³-hybridized carbons (Fsp3) is 0.0833. The van der Waals surface area contributed by atoms with Gasteiger partial charge < -0.3 is 10.4 Å². The van der Waals surface area contributed by atoms with Crippen LogP contribution in [0.15, 0.2) is 77.3 Å². The molecule has 3 aromatic carbocycles. The fourth-order valence-corrected chi connectivity index (χ4v) is 3.13. The molecule has 4 nitrogen and oxygen atoms in total. The Morgan fingerprint density at radius 2 is 1.66 bits per heavy atom. The number of amides is 1. The quantitative estimate of drug-likeness (QED) is 0.558. The third kappa shape index (κ3) is 6.06. The molecule has 0 aliphatic rings. The van der Waals surface area contributed by atoms with Crippen molar-refractivity contribution in [2.24, 2.45) is 0 Å². The van der Waals surface area contributed by atoms with Gasteiger partial charge in [-0.1, -0.05) is 58.1 Å². The minimum absolute atomic E-state index is 0.206. The van der Waals surface area contributed by atoms with Crippen LogP contribution in [0.4, 0.5) is 0 Å². The third-order valence-corrected chi connectivity index (χ3v) is 4.69. The van der Waals surface area contributed by atoms with E-state index in [2.05, 4.69) is 33.1 Å². The lowest BCUT2D eigenvalue weighted by atomic mass is 10.1. The van der Waals surface area contributed by atoms with Crippen molar-refractivity contribution in [3.63, 3.8) is 0 Å². The molecule has 0 radical (unpaired) electrons. The molecule has 0 aromatic heterocycles. The molecule has 1 amide bonds. The van der Waals surface area contributed by atoms with Crippen molar-refractivity contribution in [2.45, 2.75) is 13.0 Å². The summed E-state index contributed by atoms with van der Waals surface area (Å²) >= 11 is 3.45. The van der Waals surface area contributed by atoms with E-state index < -0.39 is 5.97 Å². The molecule has 0 saturated carbocycles. The molecule has 29 heavy (non-hydrogen) atoms.